The first-order valence-corrected chi connectivity index (χ1v) is 3.50. The Balaban J connectivity index is 0.00000196. The smallest absolute Gasteiger partial charge is 0.166 e. The van der Waals surface area contributed by atoms with Crippen LogP contribution in [-0.4, -0.2) is 5.87 Å². The fraction of sp³-hybridized carbons (Fsp3) is 0. The summed E-state index contributed by atoms with van der Waals surface area (Å²) in [6, 6.07) is 5.24. The molecule has 6 nitrogen and oxygen atoms in total. The summed E-state index contributed by atoms with van der Waals surface area (Å²) >= 11 is 0. The van der Waals surface area contributed by atoms with Gasteiger partial charge in [-0.1, -0.05) is 0 Å². The van der Waals surface area contributed by atoms with Gasteiger partial charge in [-0.2, -0.15) is 15.8 Å². The van der Waals surface area contributed by atoms with Crippen molar-refractivity contribution in [2.24, 2.45) is 0 Å². The molecule has 0 aliphatic heterocycles. The highest BCUT2D eigenvalue weighted by Gasteiger charge is 2.29. The second-order valence-corrected chi connectivity index (χ2v) is 2.43. The molecule has 0 aromatic rings. The fourth-order valence-corrected chi connectivity index (χ4v) is 1.15. The molecule has 1 rings (SSSR count). The van der Waals surface area contributed by atoms with Gasteiger partial charge in [-0.3, -0.25) is 5.87 Å². The van der Waals surface area contributed by atoms with E-state index in [4.69, 9.17) is 21.2 Å². The zero-order valence-corrected chi connectivity index (χ0v) is 7.70. The molecule has 0 fully saturated rings. The van der Waals surface area contributed by atoms with E-state index in [-0.39, 0.29) is 34.1 Å². The molecule has 72 valence electrons. The predicted molar refractivity (Wildman–Crippen MR) is 50.7 cm³/mol. The van der Waals surface area contributed by atoms with Crippen LogP contribution in [0.1, 0.15) is 0 Å². The summed E-state index contributed by atoms with van der Waals surface area (Å²) < 4.78 is 0. The largest absolute Gasteiger partial charge is 0.763 e. The van der Waals surface area contributed by atoms with Crippen molar-refractivity contribution in [1.82, 2.24) is 6.15 Å². The molecule has 0 spiro atoms. The number of nitrogens with zero attached hydrogens (tertiary/aromatic N) is 4. The van der Waals surface area contributed by atoms with Crippen molar-refractivity contribution in [2.45, 2.75) is 0 Å². The molecule has 6 N–H and O–H groups in total. The lowest BCUT2D eigenvalue weighted by Gasteiger charge is -1.92. The standard InChI is InChI=1S/C9H2N5.H3N/c10-1-5-6(2-11)8(4-13)9(14)7(5)3-12;/h14H2;1H3/q-1;/p+1. The van der Waals surface area contributed by atoms with Crippen molar-refractivity contribution >= 4 is 5.87 Å². The van der Waals surface area contributed by atoms with Gasteiger partial charge in [0.2, 0.25) is 0 Å². The van der Waals surface area contributed by atoms with Crippen LogP contribution in [0, 0.1) is 34.0 Å². The first kappa shape index (κ1) is 12.3. The van der Waals surface area contributed by atoms with Gasteiger partial charge in [0.1, 0.15) is 29.4 Å². The highest BCUT2D eigenvalue weighted by molar-refractivity contribution is 5.85. The molecule has 1 aliphatic rings. The minimum Gasteiger partial charge on any atom is -0.763 e. The summed E-state index contributed by atoms with van der Waals surface area (Å²) in [6.45, 7) is 0. The topological polar surface area (TPSA) is 156 Å². The Labute approximate surface area is 85.9 Å². The van der Waals surface area contributed by atoms with Crippen LogP contribution in [0.3, 0.4) is 0 Å². The summed E-state index contributed by atoms with van der Waals surface area (Å²) in [5.41, 5.74) is 3.56. The second kappa shape index (κ2) is 4.53. The molecule has 0 amide bonds. The van der Waals surface area contributed by atoms with E-state index in [1.165, 1.54) is 0 Å². The molecule has 15 heavy (non-hydrogen) atoms. The Morgan fingerprint density at radius 2 is 1.40 bits per heavy atom. The Hall–Kier alpha value is -2.68. The third-order valence-corrected chi connectivity index (χ3v) is 1.80. The average molecular weight is 198 g/mol. The summed E-state index contributed by atoms with van der Waals surface area (Å²) in [4.78, 5) is 0. The Morgan fingerprint density at radius 1 is 0.933 bits per heavy atom. The summed E-state index contributed by atoms with van der Waals surface area (Å²) in [5.74, 6) is 1.73. The van der Waals surface area contributed by atoms with Crippen LogP contribution in [0.4, 0.5) is 0 Å². The summed E-state index contributed by atoms with van der Waals surface area (Å²) in [5, 5.41) is 34.8. The lowest BCUT2D eigenvalue weighted by molar-refractivity contribution is -0.296. The summed E-state index contributed by atoms with van der Waals surface area (Å²) in [6.07, 6.45) is 0. The zero-order chi connectivity index (χ0) is 10.7. The number of hydrogen-bond acceptors (Lipinski definition) is 4. The van der Waals surface area contributed by atoms with Gasteiger partial charge in [0.15, 0.2) is 5.70 Å². The number of nitriles is 3. The lowest BCUT2D eigenvalue weighted by Crippen LogP contribution is -2.48. The van der Waals surface area contributed by atoms with Crippen molar-refractivity contribution in [3.63, 3.8) is 0 Å². The monoisotopic (exact) mass is 198 g/mol. The highest BCUT2D eigenvalue weighted by atomic mass is 14.6. The summed E-state index contributed by atoms with van der Waals surface area (Å²) in [7, 11) is 0. The molecule has 0 heterocycles. The van der Waals surface area contributed by atoms with E-state index in [0.29, 0.717) is 0 Å². The maximum Gasteiger partial charge on any atom is 0.166 e. The van der Waals surface area contributed by atoms with Gasteiger partial charge in [-0.05, 0) is 0 Å². The molecule has 0 radical (unpaired) electrons. The molecular weight excluding hydrogens is 192 g/mol. The van der Waals surface area contributed by atoms with Gasteiger partial charge in [0, 0.05) is 5.57 Å². The van der Waals surface area contributed by atoms with Crippen LogP contribution in [0.5, 0.6) is 0 Å². The van der Waals surface area contributed by atoms with Crippen molar-refractivity contribution in [2.75, 3.05) is 0 Å². The van der Waals surface area contributed by atoms with Gasteiger partial charge in [0.05, 0.1) is 5.57 Å². The quantitative estimate of drug-likeness (QED) is 0.511. The molecule has 0 aromatic carbocycles. The first-order valence-electron chi connectivity index (χ1n) is 3.50. The van der Waals surface area contributed by atoms with Crippen LogP contribution >= 0.6 is 0 Å². The maximum absolute atomic E-state index is 8.71. The SMILES string of the molecule is N.N#CC1=C([NH3+])C(C#N)=C(C#N)C1=C=[N-]. The molecule has 0 saturated carbocycles. The third-order valence-electron chi connectivity index (χ3n) is 1.80. The fourth-order valence-electron chi connectivity index (χ4n) is 1.15. The minimum atomic E-state index is -0.0587. The number of quaternary nitrogens is 1. The van der Waals surface area contributed by atoms with E-state index in [9.17, 15) is 0 Å². The minimum absolute atomic E-state index is 0. The lowest BCUT2D eigenvalue weighted by atomic mass is 10.1. The van der Waals surface area contributed by atoms with Gasteiger partial charge >= 0.3 is 0 Å². The Kier molecular flexibility index (Phi) is 3.72. The van der Waals surface area contributed by atoms with Crippen LogP contribution in [0.2, 0.25) is 0 Å². The van der Waals surface area contributed by atoms with Gasteiger partial charge < -0.3 is 17.3 Å². The van der Waals surface area contributed by atoms with E-state index in [1.807, 2.05) is 0 Å². The van der Waals surface area contributed by atoms with Gasteiger partial charge in [0.25, 0.3) is 0 Å². The van der Waals surface area contributed by atoms with E-state index < -0.39 is 0 Å². The molecule has 6 heteroatoms. The highest BCUT2D eigenvalue weighted by Crippen LogP contribution is 2.30. The number of hydrogen-bond donors (Lipinski definition) is 2. The third kappa shape index (κ3) is 1.53. The predicted octanol–water partition coefficient (Wildman–Crippen LogP) is -0.309. The van der Waals surface area contributed by atoms with Crippen LogP contribution in [0.25, 0.3) is 5.41 Å². The van der Waals surface area contributed by atoms with Crippen LogP contribution in [-0.2, 0) is 0 Å². The molecule has 0 saturated heterocycles. The molecule has 0 unspecified atom stereocenters. The molecular formula is C9H6N6. The maximum atomic E-state index is 8.71. The van der Waals surface area contributed by atoms with E-state index in [1.54, 1.807) is 24.1 Å². The van der Waals surface area contributed by atoms with Crippen LogP contribution < -0.4 is 11.9 Å². The Bertz CT molecular complexity index is 537. The van der Waals surface area contributed by atoms with E-state index in [2.05, 4.69) is 5.73 Å². The van der Waals surface area contributed by atoms with Crippen molar-refractivity contribution in [1.29, 1.82) is 15.8 Å². The van der Waals surface area contributed by atoms with Crippen LogP contribution in [0.15, 0.2) is 28.0 Å². The van der Waals surface area contributed by atoms with Crippen molar-refractivity contribution < 1.29 is 5.73 Å². The first-order chi connectivity index (χ1) is 6.71. The molecule has 0 bridgehead atoms. The van der Waals surface area contributed by atoms with Crippen molar-refractivity contribution in [3.05, 3.63) is 33.4 Å². The molecule has 1 aliphatic carbocycles. The van der Waals surface area contributed by atoms with Crippen molar-refractivity contribution in [3.8, 4) is 18.2 Å². The zero-order valence-electron chi connectivity index (χ0n) is 7.70. The van der Waals surface area contributed by atoms with E-state index in [0.717, 1.165) is 0 Å². The number of allylic oxidation sites excluding steroid dienone is 4. The average Bonchev–Trinajstić information content (AvgIpc) is 2.48. The second-order valence-electron chi connectivity index (χ2n) is 2.43. The van der Waals surface area contributed by atoms with Gasteiger partial charge in [-0.25, -0.2) is 0 Å². The Morgan fingerprint density at radius 3 is 1.73 bits per heavy atom. The normalized spacial score (nSPS) is 13.6. The number of rotatable bonds is 0. The molecule has 0 atom stereocenters. The van der Waals surface area contributed by atoms with Gasteiger partial charge in [-0.15, -0.1) is 0 Å². The molecule has 0 aromatic heterocycles. The van der Waals surface area contributed by atoms with E-state index >= 15 is 0 Å².